The van der Waals surface area contributed by atoms with Crippen LogP contribution in [0.5, 0.6) is 0 Å². The molecule has 1 aliphatic carbocycles. The van der Waals surface area contributed by atoms with Crippen molar-refractivity contribution in [1.29, 1.82) is 0 Å². The average molecular weight is 295 g/mol. The van der Waals surface area contributed by atoms with Crippen LogP contribution in [0.25, 0.3) is 0 Å². The Kier molecular flexibility index (Phi) is 3.42. The van der Waals surface area contributed by atoms with Crippen LogP contribution in [-0.2, 0) is 10.0 Å². The zero-order valence-electron chi connectivity index (χ0n) is 11.5. The number of sulfonamides is 1. The van der Waals surface area contributed by atoms with Crippen molar-refractivity contribution in [2.75, 3.05) is 13.1 Å². The third kappa shape index (κ3) is 2.52. The molecular formula is C15H18FNO2S. The fourth-order valence-corrected chi connectivity index (χ4v) is 4.45. The molecule has 1 heterocycles. The van der Waals surface area contributed by atoms with Crippen LogP contribution in [-0.4, -0.2) is 25.8 Å². The van der Waals surface area contributed by atoms with Gasteiger partial charge in [-0.05, 0) is 56.4 Å². The van der Waals surface area contributed by atoms with E-state index in [-0.39, 0.29) is 4.90 Å². The Bertz CT molecular complexity index is 663. The van der Waals surface area contributed by atoms with Gasteiger partial charge < -0.3 is 0 Å². The molecule has 0 spiro atoms. The minimum atomic E-state index is -3.49. The molecule has 1 aromatic carbocycles. The summed E-state index contributed by atoms with van der Waals surface area (Å²) < 4.78 is 39.8. The molecule has 0 radical (unpaired) electrons. The van der Waals surface area contributed by atoms with Gasteiger partial charge in [0.15, 0.2) is 0 Å². The highest BCUT2D eigenvalue weighted by Gasteiger charge is 2.30. The van der Waals surface area contributed by atoms with E-state index in [1.54, 1.807) is 6.92 Å². The quantitative estimate of drug-likeness (QED) is 0.787. The molecule has 2 aliphatic rings. The maximum absolute atomic E-state index is 13.1. The van der Waals surface area contributed by atoms with Crippen LogP contribution in [0, 0.1) is 12.7 Å². The zero-order valence-corrected chi connectivity index (χ0v) is 12.3. The summed E-state index contributed by atoms with van der Waals surface area (Å²) in [5, 5.41) is 0. The summed E-state index contributed by atoms with van der Waals surface area (Å²) in [7, 11) is -3.49. The number of benzene rings is 1. The first-order valence-electron chi connectivity index (χ1n) is 6.94. The Morgan fingerprint density at radius 2 is 1.65 bits per heavy atom. The summed E-state index contributed by atoms with van der Waals surface area (Å²) in [4.78, 5) is 0.224. The first-order valence-corrected chi connectivity index (χ1v) is 8.38. The summed E-state index contributed by atoms with van der Waals surface area (Å²) in [5.41, 5.74) is 3.45. The highest BCUT2D eigenvalue weighted by molar-refractivity contribution is 7.89. The molecule has 1 saturated carbocycles. The van der Waals surface area contributed by atoms with E-state index in [2.05, 4.69) is 0 Å². The van der Waals surface area contributed by atoms with E-state index >= 15 is 0 Å². The molecule has 0 N–H and O–H groups in total. The van der Waals surface area contributed by atoms with Gasteiger partial charge in [-0.1, -0.05) is 11.1 Å². The molecule has 3 nitrogen and oxygen atoms in total. The third-order valence-corrected chi connectivity index (χ3v) is 6.14. The van der Waals surface area contributed by atoms with E-state index in [9.17, 15) is 12.8 Å². The fourth-order valence-electron chi connectivity index (χ4n) is 2.81. The monoisotopic (exact) mass is 295 g/mol. The molecule has 0 amide bonds. The van der Waals surface area contributed by atoms with E-state index in [1.807, 2.05) is 0 Å². The van der Waals surface area contributed by atoms with Gasteiger partial charge in [-0.25, -0.2) is 12.8 Å². The predicted octanol–water partition coefficient (Wildman–Crippen LogP) is 3.01. The SMILES string of the molecule is Cc1cc(F)ccc1S(=O)(=O)N1CCC(=C2CC2)CC1. The van der Waals surface area contributed by atoms with Crippen molar-refractivity contribution in [1.82, 2.24) is 4.31 Å². The maximum atomic E-state index is 13.1. The molecule has 0 unspecified atom stereocenters. The molecule has 0 aromatic heterocycles. The summed E-state index contributed by atoms with van der Waals surface area (Å²) in [6, 6.07) is 3.85. The lowest BCUT2D eigenvalue weighted by atomic mass is 10.1. The van der Waals surface area contributed by atoms with Crippen LogP contribution >= 0.6 is 0 Å². The molecule has 108 valence electrons. The van der Waals surface area contributed by atoms with Gasteiger partial charge in [0.25, 0.3) is 0 Å². The predicted molar refractivity (Wildman–Crippen MR) is 75.4 cm³/mol. The molecule has 20 heavy (non-hydrogen) atoms. The maximum Gasteiger partial charge on any atom is 0.243 e. The second-order valence-corrected chi connectivity index (χ2v) is 7.43. The first kappa shape index (κ1) is 13.8. The van der Waals surface area contributed by atoms with Gasteiger partial charge in [0.1, 0.15) is 5.82 Å². The van der Waals surface area contributed by atoms with Gasteiger partial charge in [-0.3, -0.25) is 0 Å². The van der Waals surface area contributed by atoms with Gasteiger partial charge in [-0.2, -0.15) is 4.31 Å². The van der Waals surface area contributed by atoms with Crippen molar-refractivity contribution in [2.24, 2.45) is 0 Å². The van der Waals surface area contributed by atoms with Gasteiger partial charge in [-0.15, -0.1) is 0 Å². The third-order valence-electron chi connectivity index (χ3n) is 4.08. The van der Waals surface area contributed by atoms with E-state index in [1.165, 1.54) is 46.5 Å². The molecule has 1 aromatic rings. The molecule has 0 bridgehead atoms. The number of halogens is 1. The van der Waals surface area contributed by atoms with Crippen molar-refractivity contribution in [3.05, 3.63) is 40.7 Å². The Morgan fingerprint density at radius 1 is 1.05 bits per heavy atom. The normalized spacial score (nSPS) is 20.3. The van der Waals surface area contributed by atoms with Crippen LogP contribution in [0.3, 0.4) is 0 Å². The number of rotatable bonds is 2. The van der Waals surface area contributed by atoms with E-state index in [0.29, 0.717) is 18.7 Å². The van der Waals surface area contributed by atoms with E-state index < -0.39 is 15.8 Å². The number of nitrogens with zero attached hydrogens (tertiary/aromatic N) is 1. The highest BCUT2D eigenvalue weighted by Crippen LogP contribution is 2.37. The minimum Gasteiger partial charge on any atom is -0.207 e. The Hall–Kier alpha value is -1.20. The van der Waals surface area contributed by atoms with Crippen LogP contribution in [0.1, 0.15) is 31.2 Å². The Morgan fingerprint density at radius 3 is 2.20 bits per heavy atom. The summed E-state index contributed by atoms with van der Waals surface area (Å²) in [6.07, 6.45) is 4.07. The lowest BCUT2D eigenvalue weighted by molar-refractivity contribution is 0.386. The van der Waals surface area contributed by atoms with Crippen molar-refractivity contribution < 1.29 is 12.8 Å². The Balaban J connectivity index is 1.83. The number of allylic oxidation sites excluding steroid dienone is 1. The summed E-state index contributed by atoms with van der Waals surface area (Å²) in [5.74, 6) is -0.402. The second kappa shape index (κ2) is 4.97. The van der Waals surface area contributed by atoms with Crippen molar-refractivity contribution in [3.63, 3.8) is 0 Å². The van der Waals surface area contributed by atoms with Gasteiger partial charge in [0.05, 0.1) is 4.90 Å². The van der Waals surface area contributed by atoms with Crippen molar-refractivity contribution in [3.8, 4) is 0 Å². The molecule has 2 fully saturated rings. The summed E-state index contributed by atoms with van der Waals surface area (Å²) in [6.45, 7) is 2.72. The van der Waals surface area contributed by atoms with Gasteiger partial charge in [0.2, 0.25) is 10.0 Å². The molecule has 3 rings (SSSR count). The highest BCUT2D eigenvalue weighted by atomic mass is 32.2. The number of hydrogen-bond acceptors (Lipinski definition) is 2. The largest absolute Gasteiger partial charge is 0.243 e. The van der Waals surface area contributed by atoms with Crippen LogP contribution in [0.4, 0.5) is 4.39 Å². The molecule has 0 atom stereocenters. The van der Waals surface area contributed by atoms with Crippen LogP contribution in [0.15, 0.2) is 34.2 Å². The minimum absolute atomic E-state index is 0.224. The lowest BCUT2D eigenvalue weighted by Crippen LogP contribution is -2.36. The number of aryl methyl sites for hydroxylation is 1. The standard InChI is InChI=1S/C15H18FNO2S/c1-11-10-14(16)4-5-15(11)20(18,19)17-8-6-13(7-9-17)12-2-3-12/h4-5,10H,2-3,6-9H2,1H3. The van der Waals surface area contributed by atoms with Gasteiger partial charge in [0, 0.05) is 13.1 Å². The number of hydrogen-bond donors (Lipinski definition) is 0. The first-order chi connectivity index (χ1) is 9.48. The van der Waals surface area contributed by atoms with Crippen LogP contribution in [0.2, 0.25) is 0 Å². The molecular weight excluding hydrogens is 277 g/mol. The smallest absolute Gasteiger partial charge is 0.207 e. The summed E-state index contributed by atoms with van der Waals surface area (Å²) >= 11 is 0. The molecule has 1 aliphatic heterocycles. The molecule has 5 heteroatoms. The average Bonchev–Trinajstić information content (AvgIpc) is 3.22. The van der Waals surface area contributed by atoms with Crippen LogP contribution < -0.4 is 0 Å². The topological polar surface area (TPSA) is 37.4 Å². The van der Waals surface area contributed by atoms with E-state index in [0.717, 1.165) is 12.8 Å². The lowest BCUT2D eigenvalue weighted by Gasteiger charge is -2.28. The zero-order chi connectivity index (χ0) is 14.3. The van der Waals surface area contributed by atoms with Crippen molar-refractivity contribution in [2.45, 2.75) is 37.5 Å². The van der Waals surface area contributed by atoms with E-state index in [4.69, 9.17) is 0 Å². The second-order valence-electron chi connectivity index (χ2n) is 5.52. The van der Waals surface area contributed by atoms with Gasteiger partial charge >= 0.3 is 0 Å². The fraction of sp³-hybridized carbons (Fsp3) is 0.467. The molecule has 1 saturated heterocycles. The Labute approximate surface area is 119 Å². The number of piperidine rings is 1. The van der Waals surface area contributed by atoms with Crippen molar-refractivity contribution >= 4 is 10.0 Å².